The highest BCUT2D eigenvalue weighted by Gasteiger charge is 2.39. The molecule has 3 aromatic heterocycles. The normalized spacial score (nSPS) is 23.9. The lowest BCUT2D eigenvalue weighted by Gasteiger charge is -2.38. The van der Waals surface area contributed by atoms with Crippen LogP contribution in [0.15, 0.2) is 17.2 Å². The molecule has 1 fully saturated rings. The summed E-state index contributed by atoms with van der Waals surface area (Å²) < 4.78 is 12.5. The number of carbonyl (C=O) groups is 1. The van der Waals surface area contributed by atoms with Gasteiger partial charge in [-0.25, -0.2) is 15.0 Å². The van der Waals surface area contributed by atoms with E-state index in [1.807, 2.05) is 6.92 Å². The molecule has 0 saturated carbocycles. The molecule has 1 aliphatic rings. The summed E-state index contributed by atoms with van der Waals surface area (Å²) in [5.74, 6) is 0.683. The van der Waals surface area contributed by atoms with Crippen LogP contribution in [0, 0.1) is 13.8 Å². The van der Waals surface area contributed by atoms with Gasteiger partial charge in [0.1, 0.15) is 35.9 Å². The molecule has 166 valence electrons. The number of hydrogen-bond acceptors (Lipinski definition) is 10. The molecule has 1 amide bonds. The van der Waals surface area contributed by atoms with E-state index in [0.29, 0.717) is 23.3 Å². The summed E-state index contributed by atoms with van der Waals surface area (Å²) >= 11 is 0. The number of carbonyl (C=O) groups excluding carboxylic acids is 1. The topological polar surface area (TPSA) is 174 Å². The number of ether oxygens (including phenoxy) is 1. The molecule has 4 rings (SSSR count). The molecule has 0 bridgehead atoms. The predicted octanol–water partition coefficient (Wildman–Crippen LogP) is -0.748. The highest BCUT2D eigenvalue weighted by molar-refractivity contribution is 5.81. The molecular formula is C19H25N7O5. The fourth-order valence-corrected chi connectivity index (χ4v) is 3.77. The molecule has 1 aliphatic heterocycles. The van der Waals surface area contributed by atoms with Gasteiger partial charge in [0.25, 0.3) is 0 Å². The number of aromatic nitrogens is 5. The van der Waals surface area contributed by atoms with E-state index in [-0.39, 0.29) is 31.3 Å². The molecule has 31 heavy (non-hydrogen) atoms. The van der Waals surface area contributed by atoms with Gasteiger partial charge in [0.2, 0.25) is 5.91 Å². The lowest BCUT2D eigenvalue weighted by atomic mass is 9.97. The van der Waals surface area contributed by atoms with Crippen LogP contribution in [0.2, 0.25) is 0 Å². The van der Waals surface area contributed by atoms with Crippen molar-refractivity contribution in [2.45, 2.75) is 57.6 Å². The van der Waals surface area contributed by atoms with E-state index in [1.54, 1.807) is 11.5 Å². The van der Waals surface area contributed by atoms with Crippen LogP contribution in [0.1, 0.15) is 23.4 Å². The van der Waals surface area contributed by atoms with Gasteiger partial charge in [0, 0.05) is 12.0 Å². The Balaban J connectivity index is 1.34. The maximum Gasteiger partial charge on any atom is 0.220 e. The van der Waals surface area contributed by atoms with E-state index in [9.17, 15) is 15.0 Å². The molecule has 12 heteroatoms. The summed E-state index contributed by atoms with van der Waals surface area (Å²) in [7, 11) is 0. The van der Waals surface area contributed by atoms with Crippen molar-refractivity contribution in [1.82, 2.24) is 30.0 Å². The molecule has 1 saturated heterocycles. The molecule has 4 atom stereocenters. The van der Waals surface area contributed by atoms with Crippen LogP contribution < -0.4 is 11.1 Å². The fraction of sp³-hybridized carbons (Fsp3) is 0.526. The van der Waals surface area contributed by atoms with Gasteiger partial charge in [-0.15, -0.1) is 0 Å². The molecule has 0 radical (unpaired) electrons. The molecule has 5 N–H and O–H groups in total. The third kappa shape index (κ3) is 4.22. The average molecular weight is 431 g/mol. The van der Waals surface area contributed by atoms with Gasteiger partial charge in [-0.05, 0) is 20.3 Å². The van der Waals surface area contributed by atoms with Crippen molar-refractivity contribution in [3.63, 3.8) is 0 Å². The van der Waals surface area contributed by atoms with E-state index >= 15 is 0 Å². The first-order valence-electron chi connectivity index (χ1n) is 9.95. The van der Waals surface area contributed by atoms with Crippen molar-refractivity contribution in [2.24, 2.45) is 0 Å². The van der Waals surface area contributed by atoms with E-state index < -0.39 is 24.4 Å². The number of aliphatic hydroxyl groups is 2. The number of aryl methyl sites for hydroxylation is 2. The number of imidazole rings is 1. The van der Waals surface area contributed by atoms with Gasteiger partial charge in [0.15, 0.2) is 11.5 Å². The number of nitrogens with zero attached hydrogens (tertiary/aromatic N) is 5. The zero-order chi connectivity index (χ0) is 22.1. The van der Waals surface area contributed by atoms with Gasteiger partial charge in [-0.2, -0.15) is 0 Å². The van der Waals surface area contributed by atoms with Crippen LogP contribution in [0.25, 0.3) is 11.2 Å². The van der Waals surface area contributed by atoms with Crippen molar-refractivity contribution in [3.05, 3.63) is 29.7 Å². The molecule has 4 heterocycles. The largest absolute Gasteiger partial charge is 0.388 e. The van der Waals surface area contributed by atoms with E-state index in [4.69, 9.17) is 15.0 Å². The number of amides is 1. The average Bonchev–Trinajstić information content (AvgIpc) is 3.30. The molecule has 0 unspecified atom stereocenters. The van der Waals surface area contributed by atoms with E-state index in [2.05, 4.69) is 25.4 Å². The standard InChI is InChI=1S/C19H25N7O5/c1-9-11(10(2)31-25-9)3-4-14(27)24-12-6-30-13(17(29)16(12)28)5-26-8-23-15-18(20)21-7-22-19(15)26/h7-8,12-13,16-17,28-29H,3-6H2,1-2H3,(H,24,27)(H2,20,21,22)/t12-,13-,16+,17-/m1/s1. The summed E-state index contributed by atoms with van der Waals surface area (Å²) in [6, 6.07) is -0.721. The predicted molar refractivity (Wildman–Crippen MR) is 108 cm³/mol. The third-order valence-electron chi connectivity index (χ3n) is 5.57. The lowest BCUT2D eigenvalue weighted by molar-refractivity contribution is -0.158. The second-order valence-corrected chi connectivity index (χ2v) is 7.66. The highest BCUT2D eigenvalue weighted by atomic mass is 16.5. The summed E-state index contributed by atoms with van der Waals surface area (Å²) in [6.07, 6.45) is 0.431. The van der Waals surface area contributed by atoms with Crippen molar-refractivity contribution < 1.29 is 24.3 Å². The summed E-state index contributed by atoms with van der Waals surface area (Å²) in [4.78, 5) is 24.6. The Kier molecular flexibility index (Phi) is 5.85. The summed E-state index contributed by atoms with van der Waals surface area (Å²) in [6.45, 7) is 3.89. The number of nitrogens with two attached hydrogens (primary N) is 1. The number of nitrogen functional groups attached to an aromatic ring is 1. The van der Waals surface area contributed by atoms with Crippen molar-refractivity contribution in [3.8, 4) is 0 Å². The Morgan fingerprint density at radius 1 is 1.29 bits per heavy atom. The monoisotopic (exact) mass is 431 g/mol. The quantitative estimate of drug-likeness (QED) is 0.389. The number of rotatable bonds is 6. The Morgan fingerprint density at radius 3 is 2.84 bits per heavy atom. The minimum atomic E-state index is -1.21. The van der Waals surface area contributed by atoms with Crippen LogP contribution in [0.3, 0.4) is 0 Å². The fourth-order valence-electron chi connectivity index (χ4n) is 3.77. The van der Waals surface area contributed by atoms with Crippen LogP contribution in [-0.2, 0) is 22.5 Å². The highest BCUT2D eigenvalue weighted by Crippen LogP contribution is 2.21. The number of nitrogens with one attached hydrogen (secondary N) is 1. The minimum absolute atomic E-state index is 0.0592. The Labute approximate surface area is 177 Å². The molecule has 12 nitrogen and oxygen atoms in total. The van der Waals surface area contributed by atoms with Crippen LogP contribution in [-0.4, -0.2) is 71.8 Å². The van der Waals surface area contributed by atoms with Gasteiger partial charge < -0.3 is 35.1 Å². The maximum atomic E-state index is 12.3. The van der Waals surface area contributed by atoms with Gasteiger partial charge in [-0.1, -0.05) is 5.16 Å². The first kappa shape index (κ1) is 21.2. The van der Waals surface area contributed by atoms with Crippen molar-refractivity contribution in [2.75, 3.05) is 12.3 Å². The zero-order valence-electron chi connectivity index (χ0n) is 17.2. The maximum absolute atomic E-state index is 12.3. The lowest BCUT2D eigenvalue weighted by Crippen LogP contribution is -2.59. The number of aliphatic hydroxyl groups excluding tert-OH is 2. The van der Waals surface area contributed by atoms with Crippen molar-refractivity contribution in [1.29, 1.82) is 0 Å². The van der Waals surface area contributed by atoms with Gasteiger partial charge >= 0.3 is 0 Å². The minimum Gasteiger partial charge on any atom is -0.388 e. The zero-order valence-corrected chi connectivity index (χ0v) is 17.2. The van der Waals surface area contributed by atoms with Crippen LogP contribution in [0.5, 0.6) is 0 Å². The number of anilines is 1. The van der Waals surface area contributed by atoms with Gasteiger partial charge in [0.05, 0.1) is 31.2 Å². The Hall–Kier alpha value is -3.09. The molecule has 0 aromatic carbocycles. The Morgan fingerprint density at radius 2 is 2.10 bits per heavy atom. The number of fused-ring (bicyclic) bond motifs is 1. The molecule has 0 aliphatic carbocycles. The molecule has 0 spiro atoms. The Bertz CT molecular complexity index is 1060. The third-order valence-corrected chi connectivity index (χ3v) is 5.57. The van der Waals surface area contributed by atoms with E-state index in [0.717, 1.165) is 11.3 Å². The second-order valence-electron chi connectivity index (χ2n) is 7.66. The van der Waals surface area contributed by atoms with E-state index in [1.165, 1.54) is 12.7 Å². The van der Waals surface area contributed by atoms with Crippen molar-refractivity contribution >= 4 is 22.9 Å². The second kappa shape index (κ2) is 8.57. The van der Waals surface area contributed by atoms with Crippen LogP contribution >= 0.6 is 0 Å². The molecule has 3 aromatic rings. The first-order chi connectivity index (χ1) is 14.8. The summed E-state index contributed by atoms with van der Waals surface area (Å²) in [5.41, 5.74) is 8.40. The summed E-state index contributed by atoms with van der Waals surface area (Å²) in [5, 5.41) is 27.7. The SMILES string of the molecule is Cc1noc(C)c1CCC(=O)N[C@@H]1CO[C@H](Cn2cnc3c(N)ncnc32)[C@@H](O)[C@H]1O. The molecular weight excluding hydrogens is 406 g/mol. The smallest absolute Gasteiger partial charge is 0.220 e. The van der Waals surface area contributed by atoms with Gasteiger partial charge in [-0.3, -0.25) is 4.79 Å². The van der Waals surface area contributed by atoms with Crippen LogP contribution in [0.4, 0.5) is 5.82 Å². The first-order valence-corrected chi connectivity index (χ1v) is 9.95. The number of hydrogen-bond donors (Lipinski definition) is 4.